The van der Waals surface area contributed by atoms with E-state index in [9.17, 15) is 4.79 Å². The van der Waals surface area contributed by atoms with Crippen molar-refractivity contribution in [2.75, 3.05) is 30.9 Å². The number of nitrogens with one attached hydrogen (secondary N) is 2. The minimum absolute atomic E-state index is 0.225. The number of methoxy groups -OCH3 is 1. The Morgan fingerprint density at radius 1 is 1.23 bits per heavy atom. The molecule has 1 heterocycles. The van der Waals surface area contributed by atoms with Crippen LogP contribution in [0.2, 0.25) is 0 Å². The molecule has 0 bridgehead atoms. The van der Waals surface area contributed by atoms with Crippen LogP contribution in [0.4, 0.5) is 11.6 Å². The van der Waals surface area contributed by atoms with Crippen molar-refractivity contribution in [3.05, 3.63) is 47.3 Å². The summed E-state index contributed by atoms with van der Waals surface area (Å²) in [4.78, 5) is 20.4. The molecule has 2 rings (SSSR count). The third kappa shape index (κ3) is 4.26. The van der Waals surface area contributed by atoms with Crippen molar-refractivity contribution >= 4 is 17.5 Å². The summed E-state index contributed by atoms with van der Waals surface area (Å²) in [7, 11) is 1.63. The smallest absolute Gasteiger partial charge is 0.258 e. The number of nitrogens with zero attached hydrogens (tertiary/aromatic N) is 2. The SMILES string of the molecule is COCCNc1ncc(C(=O)Nc2cc(C)ccc2C)cn1. The molecule has 22 heavy (non-hydrogen) atoms. The maximum atomic E-state index is 12.2. The molecule has 2 aromatic rings. The number of hydrogen-bond acceptors (Lipinski definition) is 5. The standard InChI is InChI=1S/C16H20N4O2/c1-11-4-5-12(2)14(8-11)20-15(21)13-9-18-16(19-10-13)17-6-7-22-3/h4-5,8-10H,6-7H2,1-3H3,(H,20,21)(H,17,18,19). The second kappa shape index (κ2) is 7.51. The van der Waals surface area contributed by atoms with Crippen molar-refractivity contribution in [3.63, 3.8) is 0 Å². The van der Waals surface area contributed by atoms with Gasteiger partial charge in [0.2, 0.25) is 5.95 Å². The number of carbonyl (C=O) groups excluding carboxylic acids is 1. The van der Waals surface area contributed by atoms with E-state index in [0.29, 0.717) is 24.7 Å². The molecule has 0 fully saturated rings. The third-order valence-electron chi connectivity index (χ3n) is 3.14. The highest BCUT2D eigenvalue weighted by atomic mass is 16.5. The Kier molecular flexibility index (Phi) is 5.43. The molecule has 0 radical (unpaired) electrons. The third-order valence-corrected chi connectivity index (χ3v) is 3.14. The highest BCUT2D eigenvalue weighted by Gasteiger charge is 2.09. The van der Waals surface area contributed by atoms with Crippen LogP contribution in [0.25, 0.3) is 0 Å². The number of aromatic nitrogens is 2. The summed E-state index contributed by atoms with van der Waals surface area (Å²) < 4.78 is 4.93. The van der Waals surface area contributed by atoms with Crippen molar-refractivity contribution < 1.29 is 9.53 Å². The predicted molar refractivity (Wildman–Crippen MR) is 86.3 cm³/mol. The van der Waals surface area contributed by atoms with Crippen molar-refractivity contribution in [1.29, 1.82) is 0 Å². The predicted octanol–water partition coefficient (Wildman–Crippen LogP) is 2.40. The van der Waals surface area contributed by atoms with Crippen molar-refractivity contribution in [3.8, 4) is 0 Å². The molecule has 6 nitrogen and oxygen atoms in total. The summed E-state index contributed by atoms with van der Waals surface area (Å²) in [6.07, 6.45) is 3.01. The second-order valence-electron chi connectivity index (χ2n) is 4.99. The first-order chi connectivity index (χ1) is 10.6. The topological polar surface area (TPSA) is 76.1 Å². The van der Waals surface area contributed by atoms with E-state index >= 15 is 0 Å². The lowest BCUT2D eigenvalue weighted by atomic mass is 10.1. The Hall–Kier alpha value is -2.47. The van der Waals surface area contributed by atoms with E-state index in [1.165, 1.54) is 12.4 Å². The molecule has 0 aliphatic heterocycles. The highest BCUT2D eigenvalue weighted by molar-refractivity contribution is 6.04. The zero-order valence-electron chi connectivity index (χ0n) is 13.0. The molecule has 0 unspecified atom stereocenters. The van der Waals surface area contributed by atoms with Gasteiger partial charge in [0.05, 0.1) is 12.2 Å². The van der Waals surface area contributed by atoms with Gasteiger partial charge in [-0.2, -0.15) is 0 Å². The Morgan fingerprint density at radius 2 is 1.95 bits per heavy atom. The lowest BCUT2D eigenvalue weighted by Crippen LogP contribution is -2.15. The molecule has 1 aromatic heterocycles. The van der Waals surface area contributed by atoms with Crippen LogP contribution in [0.3, 0.4) is 0 Å². The first-order valence-corrected chi connectivity index (χ1v) is 7.03. The number of hydrogen-bond donors (Lipinski definition) is 2. The van der Waals surface area contributed by atoms with Gasteiger partial charge in [-0.15, -0.1) is 0 Å². The first kappa shape index (κ1) is 15.9. The van der Waals surface area contributed by atoms with Gasteiger partial charge in [0, 0.05) is 31.7 Å². The van der Waals surface area contributed by atoms with Gasteiger partial charge >= 0.3 is 0 Å². The normalized spacial score (nSPS) is 10.3. The Labute approximate surface area is 129 Å². The summed E-state index contributed by atoms with van der Waals surface area (Å²) in [6.45, 7) is 5.12. The summed E-state index contributed by atoms with van der Waals surface area (Å²) in [6, 6.07) is 5.92. The van der Waals surface area contributed by atoms with Crippen LogP contribution in [0.5, 0.6) is 0 Å². The molecule has 0 aliphatic rings. The van der Waals surface area contributed by atoms with Gasteiger partial charge in [-0.3, -0.25) is 4.79 Å². The average molecular weight is 300 g/mol. The number of anilines is 2. The molecule has 0 saturated heterocycles. The second-order valence-corrected chi connectivity index (χ2v) is 4.99. The molecule has 1 aromatic carbocycles. The van der Waals surface area contributed by atoms with Gasteiger partial charge in [0.1, 0.15) is 0 Å². The molecular weight excluding hydrogens is 280 g/mol. The van der Waals surface area contributed by atoms with E-state index in [1.54, 1.807) is 7.11 Å². The summed E-state index contributed by atoms with van der Waals surface area (Å²) in [5.74, 6) is 0.248. The summed E-state index contributed by atoms with van der Waals surface area (Å²) in [5, 5.41) is 5.88. The molecule has 116 valence electrons. The molecule has 0 saturated carbocycles. The Balaban J connectivity index is 2.02. The maximum absolute atomic E-state index is 12.2. The molecule has 0 aliphatic carbocycles. The number of benzene rings is 1. The highest BCUT2D eigenvalue weighted by Crippen LogP contribution is 2.17. The quantitative estimate of drug-likeness (QED) is 0.801. The van der Waals surface area contributed by atoms with Gasteiger partial charge in [-0.1, -0.05) is 12.1 Å². The largest absolute Gasteiger partial charge is 0.383 e. The number of ether oxygens (including phenoxy) is 1. The van der Waals surface area contributed by atoms with Crippen LogP contribution in [-0.2, 0) is 4.74 Å². The van der Waals surface area contributed by atoms with E-state index in [0.717, 1.165) is 16.8 Å². The fraction of sp³-hybridized carbons (Fsp3) is 0.312. The fourth-order valence-electron chi connectivity index (χ4n) is 1.87. The molecule has 2 N–H and O–H groups in total. The summed E-state index contributed by atoms with van der Waals surface area (Å²) >= 11 is 0. The van der Waals surface area contributed by atoms with Crippen LogP contribution < -0.4 is 10.6 Å². The van der Waals surface area contributed by atoms with Gasteiger partial charge in [-0.25, -0.2) is 9.97 Å². The van der Waals surface area contributed by atoms with Gasteiger partial charge in [-0.05, 0) is 31.0 Å². The Bertz CT molecular complexity index is 641. The van der Waals surface area contributed by atoms with E-state index in [4.69, 9.17) is 4.74 Å². The van der Waals surface area contributed by atoms with Gasteiger partial charge < -0.3 is 15.4 Å². The molecule has 6 heteroatoms. The minimum Gasteiger partial charge on any atom is -0.383 e. The zero-order chi connectivity index (χ0) is 15.9. The van der Waals surface area contributed by atoms with E-state index in [1.807, 2.05) is 32.0 Å². The van der Waals surface area contributed by atoms with Crippen LogP contribution >= 0.6 is 0 Å². The van der Waals surface area contributed by atoms with E-state index in [-0.39, 0.29) is 5.91 Å². The number of carbonyl (C=O) groups is 1. The fourth-order valence-corrected chi connectivity index (χ4v) is 1.87. The maximum Gasteiger partial charge on any atom is 0.258 e. The van der Waals surface area contributed by atoms with Crippen LogP contribution in [0.1, 0.15) is 21.5 Å². The van der Waals surface area contributed by atoms with Gasteiger partial charge in [0.15, 0.2) is 0 Å². The molecule has 0 spiro atoms. The number of amides is 1. The van der Waals surface area contributed by atoms with Crippen molar-refractivity contribution in [2.24, 2.45) is 0 Å². The van der Waals surface area contributed by atoms with Crippen LogP contribution in [0, 0.1) is 13.8 Å². The van der Waals surface area contributed by atoms with E-state index in [2.05, 4.69) is 20.6 Å². The van der Waals surface area contributed by atoms with Crippen molar-refractivity contribution in [2.45, 2.75) is 13.8 Å². The minimum atomic E-state index is -0.225. The lowest BCUT2D eigenvalue weighted by molar-refractivity contribution is 0.102. The lowest BCUT2D eigenvalue weighted by Gasteiger charge is -2.09. The molecular formula is C16H20N4O2. The zero-order valence-corrected chi connectivity index (χ0v) is 13.0. The monoisotopic (exact) mass is 300 g/mol. The van der Waals surface area contributed by atoms with E-state index < -0.39 is 0 Å². The van der Waals surface area contributed by atoms with Crippen molar-refractivity contribution in [1.82, 2.24) is 9.97 Å². The Morgan fingerprint density at radius 3 is 2.64 bits per heavy atom. The van der Waals surface area contributed by atoms with Crippen LogP contribution in [0.15, 0.2) is 30.6 Å². The molecule has 0 atom stereocenters. The average Bonchev–Trinajstić information content (AvgIpc) is 2.52. The van der Waals surface area contributed by atoms with Gasteiger partial charge in [0.25, 0.3) is 5.91 Å². The van der Waals surface area contributed by atoms with Crippen LogP contribution in [-0.4, -0.2) is 36.1 Å². The first-order valence-electron chi connectivity index (χ1n) is 7.03. The molecule has 1 amide bonds. The summed E-state index contributed by atoms with van der Waals surface area (Å²) in [5.41, 5.74) is 3.32. The number of rotatable bonds is 6. The number of aryl methyl sites for hydroxylation is 2.